The summed E-state index contributed by atoms with van der Waals surface area (Å²) in [6.07, 6.45) is 0. The molecular formula is C14H22N4O4. The van der Waals surface area contributed by atoms with Crippen LogP contribution in [0.4, 0.5) is 5.69 Å². The fourth-order valence-electron chi connectivity index (χ4n) is 1.70. The number of hydrogen-bond acceptors (Lipinski definition) is 7. The Hall–Kier alpha value is -2.45. The zero-order valence-electron chi connectivity index (χ0n) is 13.4. The SMILES string of the molecule is COc1ccc(OC)c(N(N)/C(C)=C(\N)C(=O)N(C)OC)c1. The van der Waals surface area contributed by atoms with Crippen LogP contribution < -0.4 is 26.1 Å². The lowest BCUT2D eigenvalue weighted by Gasteiger charge is -2.24. The smallest absolute Gasteiger partial charge is 0.294 e. The molecule has 1 aromatic carbocycles. The Kier molecular flexibility index (Phi) is 6.02. The first kappa shape index (κ1) is 17.6. The fourth-order valence-corrected chi connectivity index (χ4v) is 1.70. The van der Waals surface area contributed by atoms with Gasteiger partial charge in [-0.3, -0.25) is 14.6 Å². The van der Waals surface area contributed by atoms with Gasteiger partial charge in [-0.2, -0.15) is 0 Å². The van der Waals surface area contributed by atoms with Crippen molar-refractivity contribution < 1.29 is 19.1 Å². The fraction of sp³-hybridized carbons (Fsp3) is 0.357. The van der Waals surface area contributed by atoms with Crippen molar-refractivity contribution in [1.82, 2.24) is 5.06 Å². The number of carbonyl (C=O) groups is 1. The predicted octanol–water partition coefficient (Wildman–Crippen LogP) is 0.594. The van der Waals surface area contributed by atoms with E-state index in [4.69, 9.17) is 25.9 Å². The molecule has 0 atom stereocenters. The molecule has 0 bridgehead atoms. The van der Waals surface area contributed by atoms with E-state index >= 15 is 0 Å². The Labute approximate surface area is 129 Å². The number of hydroxylamine groups is 2. The van der Waals surface area contributed by atoms with E-state index in [-0.39, 0.29) is 5.70 Å². The van der Waals surface area contributed by atoms with E-state index in [1.165, 1.54) is 26.3 Å². The monoisotopic (exact) mass is 310 g/mol. The Balaban J connectivity index is 3.24. The number of anilines is 1. The van der Waals surface area contributed by atoms with Crippen LogP contribution in [-0.2, 0) is 9.63 Å². The second-order valence-corrected chi connectivity index (χ2v) is 4.39. The number of carbonyl (C=O) groups excluding carboxylic acids is 1. The Morgan fingerprint density at radius 3 is 2.32 bits per heavy atom. The Morgan fingerprint density at radius 1 is 1.18 bits per heavy atom. The van der Waals surface area contributed by atoms with Gasteiger partial charge < -0.3 is 15.2 Å². The summed E-state index contributed by atoms with van der Waals surface area (Å²) in [7, 11) is 5.88. The van der Waals surface area contributed by atoms with Gasteiger partial charge in [0.15, 0.2) is 0 Å². The highest BCUT2D eigenvalue weighted by Gasteiger charge is 2.19. The lowest BCUT2D eigenvalue weighted by atomic mass is 10.2. The number of likely N-dealkylation sites (N-methyl/N-ethyl adjacent to an activating group) is 1. The molecular weight excluding hydrogens is 288 g/mol. The van der Waals surface area contributed by atoms with Crippen molar-refractivity contribution in [1.29, 1.82) is 0 Å². The molecule has 0 aliphatic rings. The van der Waals surface area contributed by atoms with Crippen LogP contribution in [0.25, 0.3) is 0 Å². The zero-order valence-corrected chi connectivity index (χ0v) is 13.4. The van der Waals surface area contributed by atoms with Crippen molar-refractivity contribution in [3.8, 4) is 11.5 Å². The van der Waals surface area contributed by atoms with Gasteiger partial charge in [-0.15, -0.1) is 0 Å². The third-order valence-electron chi connectivity index (χ3n) is 3.19. The molecule has 1 rings (SSSR count). The molecule has 1 aromatic rings. The molecule has 8 nitrogen and oxygen atoms in total. The minimum atomic E-state index is -0.502. The first-order valence-corrected chi connectivity index (χ1v) is 6.42. The third kappa shape index (κ3) is 3.60. The molecule has 4 N–H and O–H groups in total. The third-order valence-corrected chi connectivity index (χ3v) is 3.19. The summed E-state index contributed by atoms with van der Waals surface area (Å²) in [5.74, 6) is 6.68. The molecule has 0 aromatic heterocycles. The number of nitrogens with two attached hydrogens (primary N) is 2. The number of methoxy groups -OCH3 is 2. The van der Waals surface area contributed by atoms with Gasteiger partial charge in [-0.25, -0.2) is 10.9 Å². The summed E-state index contributed by atoms with van der Waals surface area (Å²) in [5.41, 5.74) is 6.66. The summed E-state index contributed by atoms with van der Waals surface area (Å²) in [6.45, 7) is 1.62. The second-order valence-electron chi connectivity index (χ2n) is 4.39. The lowest BCUT2D eigenvalue weighted by Crippen LogP contribution is -2.37. The normalized spacial score (nSPS) is 11.5. The molecule has 0 heterocycles. The van der Waals surface area contributed by atoms with E-state index in [0.29, 0.717) is 22.9 Å². The van der Waals surface area contributed by atoms with Crippen LogP contribution in [-0.4, -0.2) is 39.3 Å². The summed E-state index contributed by atoms with van der Waals surface area (Å²) >= 11 is 0. The minimum absolute atomic E-state index is 0.0447. The van der Waals surface area contributed by atoms with E-state index in [9.17, 15) is 4.79 Å². The average molecular weight is 310 g/mol. The van der Waals surface area contributed by atoms with Crippen LogP contribution in [0.3, 0.4) is 0 Å². The number of hydrogen-bond donors (Lipinski definition) is 2. The van der Waals surface area contributed by atoms with Crippen LogP contribution in [0.15, 0.2) is 29.6 Å². The number of amides is 1. The number of rotatable bonds is 6. The standard InChI is InChI=1S/C14H22N4O4/c1-9(13(15)14(19)17(2)22-5)18(16)11-8-10(20-3)6-7-12(11)21-4/h6-8H,15-16H2,1-5H3/b13-9-. The summed E-state index contributed by atoms with van der Waals surface area (Å²) in [4.78, 5) is 16.8. The first-order chi connectivity index (χ1) is 10.4. The molecule has 1 amide bonds. The molecule has 0 aliphatic carbocycles. The Morgan fingerprint density at radius 2 is 1.82 bits per heavy atom. The molecule has 0 saturated heterocycles. The molecule has 0 radical (unpaired) electrons. The van der Waals surface area contributed by atoms with Crippen molar-refractivity contribution in [3.05, 3.63) is 29.6 Å². The van der Waals surface area contributed by atoms with E-state index in [1.807, 2.05) is 0 Å². The first-order valence-electron chi connectivity index (χ1n) is 6.42. The topological polar surface area (TPSA) is 103 Å². The Bertz CT molecular complexity index is 574. The molecule has 0 aliphatic heterocycles. The summed E-state index contributed by atoms with van der Waals surface area (Å²) < 4.78 is 10.4. The molecule has 22 heavy (non-hydrogen) atoms. The lowest BCUT2D eigenvalue weighted by molar-refractivity contribution is -0.164. The van der Waals surface area contributed by atoms with Crippen LogP contribution in [0.2, 0.25) is 0 Å². The molecule has 122 valence electrons. The maximum Gasteiger partial charge on any atom is 0.294 e. The average Bonchev–Trinajstić information content (AvgIpc) is 2.57. The largest absolute Gasteiger partial charge is 0.497 e. The van der Waals surface area contributed by atoms with E-state index in [0.717, 1.165) is 5.06 Å². The molecule has 0 unspecified atom stereocenters. The van der Waals surface area contributed by atoms with Gasteiger partial charge in [-0.1, -0.05) is 0 Å². The summed E-state index contributed by atoms with van der Waals surface area (Å²) in [5, 5.41) is 2.27. The molecule has 8 heteroatoms. The van der Waals surface area contributed by atoms with Gasteiger partial charge in [-0.05, 0) is 19.1 Å². The minimum Gasteiger partial charge on any atom is -0.497 e. The van der Waals surface area contributed by atoms with Crippen LogP contribution in [0.5, 0.6) is 11.5 Å². The van der Waals surface area contributed by atoms with Gasteiger partial charge in [0.05, 0.1) is 27.0 Å². The highest BCUT2D eigenvalue weighted by Crippen LogP contribution is 2.32. The highest BCUT2D eigenvalue weighted by atomic mass is 16.7. The summed E-state index contributed by atoms with van der Waals surface area (Å²) in [6, 6.07) is 5.13. The van der Waals surface area contributed by atoms with Gasteiger partial charge >= 0.3 is 0 Å². The van der Waals surface area contributed by atoms with E-state index < -0.39 is 5.91 Å². The van der Waals surface area contributed by atoms with Crippen LogP contribution in [0.1, 0.15) is 6.92 Å². The van der Waals surface area contributed by atoms with Crippen molar-refractivity contribution in [3.63, 3.8) is 0 Å². The van der Waals surface area contributed by atoms with Crippen LogP contribution in [0, 0.1) is 0 Å². The number of ether oxygens (including phenoxy) is 2. The number of hydrazine groups is 1. The van der Waals surface area contributed by atoms with Gasteiger partial charge in [0.2, 0.25) is 0 Å². The van der Waals surface area contributed by atoms with Crippen molar-refractivity contribution in [2.45, 2.75) is 6.92 Å². The van der Waals surface area contributed by atoms with Gasteiger partial charge in [0.25, 0.3) is 5.91 Å². The molecule has 0 fully saturated rings. The number of allylic oxidation sites excluding steroid dienone is 1. The number of nitrogens with zero attached hydrogens (tertiary/aromatic N) is 2. The zero-order chi connectivity index (χ0) is 16.9. The van der Waals surface area contributed by atoms with Crippen LogP contribution >= 0.6 is 0 Å². The van der Waals surface area contributed by atoms with Gasteiger partial charge in [0, 0.05) is 13.1 Å². The number of benzene rings is 1. The van der Waals surface area contributed by atoms with Crippen molar-refractivity contribution in [2.24, 2.45) is 11.6 Å². The highest BCUT2D eigenvalue weighted by molar-refractivity contribution is 5.93. The molecule has 0 saturated carbocycles. The second kappa shape index (κ2) is 7.53. The maximum absolute atomic E-state index is 12.0. The molecule has 0 spiro atoms. The quantitative estimate of drug-likeness (QED) is 0.450. The van der Waals surface area contributed by atoms with Gasteiger partial charge in [0.1, 0.15) is 22.9 Å². The van der Waals surface area contributed by atoms with E-state index in [2.05, 4.69) is 0 Å². The van der Waals surface area contributed by atoms with E-state index in [1.54, 1.807) is 32.2 Å². The van der Waals surface area contributed by atoms with Crippen molar-refractivity contribution >= 4 is 11.6 Å². The van der Waals surface area contributed by atoms with Crippen molar-refractivity contribution in [2.75, 3.05) is 33.4 Å². The maximum atomic E-state index is 12.0. The predicted molar refractivity (Wildman–Crippen MR) is 82.9 cm³/mol.